The highest BCUT2D eigenvalue weighted by atomic mass is 35.5. The van der Waals surface area contributed by atoms with E-state index in [1.54, 1.807) is 12.1 Å². The second kappa shape index (κ2) is 4.91. The van der Waals surface area contributed by atoms with Gasteiger partial charge in [-0.2, -0.15) is 0 Å². The summed E-state index contributed by atoms with van der Waals surface area (Å²) < 4.78 is 2.73. The summed E-state index contributed by atoms with van der Waals surface area (Å²) in [6.45, 7) is 0. The zero-order valence-corrected chi connectivity index (χ0v) is 9.53. The van der Waals surface area contributed by atoms with Crippen LogP contribution < -0.4 is 10.5 Å². The minimum atomic E-state index is 0.232. The molecule has 0 heterocycles. The van der Waals surface area contributed by atoms with Crippen molar-refractivity contribution >= 4 is 52.5 Å². The minimum absolute atomic E-state index is 0.232. The highest BCUT2D eigenvalue weighted by Gasteiger charge is 1.99. The maximum absolute atomic E-state index is 5.79. The van der Waals surface area contributed by atoms with Crippen molar-refractivity contribution in [2.45, 2.75) is 4.90 Å². The van der Waals surface area contributed by atoms with Gasteiger partial charge in [0, 0.05) is 4.90 Å². The summed E-state index contributed by atoms with van der Waals surface area (Å²) in [6, 6.07) is 5.28. The summed E-state index contributed by atoms with van der Waals surface area (Å²) in [4.78, 5) is 0.905. The van der Waals surface area contributed by atoms with Crippen molar-refractivity contribution in [2.24, 2.45) is 5.73 Å². The molecule has 0 spiro atoms. The topological polar surface area (TPSA) is 38.0 Å². The molecule has 1 aromatic rings. The highest BCUT2D eigenvalue weighted by Crippen LogP contribution is 2.26. The molecule has 0 saturated carbocycles. The van der Waals surface area contributed by atoms with E-state index in [0.29, 0.717) is 10.0 Å². The van der Waals surface area contributed by atoms with E-state index >= 15 is 0 Å². The van der Waals surface area contributed by atoms with Gasteiger partial charge in [0.25, 0.3) is 0 Å². The summed E-state index contributed by atoms with van der Waals surface area (Å²) in [5, 5.41) is 1.27. The molecule has 0 radical (unpaired) electrons. The van der Waals surface area contributed by atoms with Gasteiger partial charge in [0.05, 0.1) is 10.0 Å². The lowest BCUT2D eigenvalue weighted by Gasteiger charge is -2.03. The fourth-order valence-electron chi connectivity index (χ4n) is 0.650. The van der Waals surface area contributed by atoms with Crippen molar-refractivity contribution in [1.29, 1.82) is 0 Å². The molecule has 70 valence electrons. The third-order valence-electron chi connectivity index (χ3n) is 1.16. The Bertz CT molecular complexity index is 330. The number of thiocarbonyl (C=S) groups is 1. The standard InChI is InChI=1S/C7H6Cl2N2S2/c8-5-2-1-4(3-6(5)9)13-11-7(10)12/h1-3H,(H3,10,11,12). The number of hydrogen-bond acceptors (Lipinski definition) is 2. The van der Waals surface area contributed by atoms with Gasteiger partial charge in [-0.1, -0.05) is 23.2 Å². The first-order valence-corrected chi connectivity index (χ1v) is 5.25. The first-order chi connectivity index (χ1) is 6.09. The molecule has 3 N–H and O–H groups in total. The van der Waals surface area contributed by atoms with Gasteiger partial charge < -0.3 is 10.5 Å². The van der Waals surface area contributed by atoms with E-state index < -0.39 is 0 Å². The molecule has 0 unspecified atom stereocenters. The molecule has 0 saturated heterocycles. The second-order valence-electron chi connectivity index (χ2n) is 2.14. The molecule has 0 aliphatic rings. The highest BCUT2D eigenvalue weighted by molar-refractivity contribution is 7.99. The van der Waals surface area contributed by atoms with Gasteiger partial charge in [-0.25, -0.2) is 0 Å². The number of nitrogens with one attached hydrogen (secondary N) is 1. The van der Waals surface area contributed by atoms with E-state index in [-0.39, 0.29) is 5.11 Å². The Morgan fingerprint density at radius 2 is 2.08 bits per heavy atom. The van der Waals surface area contributed by atoms with Gasteiger partial charge in [-0.05, 0) is 42.4 Å². The summed E-state index contributed by atoms with van der Waals surface area (Å²) in [5.74, 6) is 0. The molecule has 0 fully saturated rings. The zero-order chi connectivity index (χ0) is 9.84. The normalized spacial score (nSPS) is 9.69. The van der Waals surface area contributed by atoms with Crippen molar-refractivity contribution in [2.75, 3.05) is 0 Å². The number of rotatable bonds is 2. The Hall–Kier alpha value is -0.160. The quantitative estimate of drug-likeness (QED) is 0.628. The summed E-state index contributed by atoms with van der Waals surface area (Å²) in [7, 11) is 0. The van der Waals surface area contributed by atoms with Crippen molar-refractivity contribution in [3.8, 4) is 0 Å². The fraction of sp³-hybridized carbons (Fsp3) is 0. The van der Waals surface area contributed by atoms with E-state index in [9.17, 15) is 0 Å². The predicted octanol–water partition coefficient (Wildman–Crippen LogP) is 2.83. The fourth-order valence-corrected chi connectivity index (χ4v) is 1.67. The third-order valence-corrected chi connectivity index (χ3v) is 2.94. The summed E-state index contributed by atoms with van der Waals surface area (Å²) in [6.07, 6.45) is 0. The SMILES string of the molecule is NC(=S)NSc1ccc(Cl)c(Cl)c1. The molecule has 13 heavy (non-hydrogen) atoms. The van der Waals surface area contributed by atoms with Crippen molar-refractivity contribution < 1.29 is 0 Å². The number of halogens is 2. The maximum Gasteiger partial charge on any atom is 0.173 e. The first kappa shape index (κ1) is 10.9. The molecule has 1 rings (SSSR count). The average Bonchev–Trinajstić information content (AvgIpc) is 2.07. The van der Waals surface area contributed by atoms with Crippen molar-refractivity contribution in [3.63, 3.8) is 0 Å². The zero-order valence-electron chi connectivity index (χ0n) is 6.38. The number of nitrogens with two attached hydrogens (primary N) is 1. The van der Waals surface area contributed by atoms with Crippen LogP contribution in [-0.4, -0.2) is 5.11 Å². The van der Waals surface area contributed by atoms with Crippen LogP contribution in [0.1, 0.15) is 0 Å². The molecule has 0 aliphatic carbocycles. The molecule has 1 aromatic carbocycles. The minimum Gasteiger partial charge on any atom is -0.376 e. The van der Waals surface area contributed by atoms with E-state index in [2.05, 4.69) is 16.9 Å². The Kier molecular flexibility index (Phi) is 4.12. The smallest absolute Gasteiger partial charge is 0.173 e. The lowest BCUT2D eigenvalue weighted by Crippen LogP contribution is -2.22. The lowest BCUT2D eigenvalue weighted by atomic mass is 10.4. The van der Waals surface area contributed by atoms with Crippen LogP contribution in [0.3, 0.4) is 0 Å². The van der Waals surface area contributed by atoms with Gasteiger partial charge in [0.1, 0.15) is 0 Å². The lowest BCUT2D eigenvalue weighted by molar-refractivity contribution is 1.41. The Morgan fingerprint density at radius 3 is 2.62 bits per heavy atom. The van der Waals surface area contributed by atoms with Gasteiger partial charge in [-0.15, -0.1) is 0 Å². The van der Waals surface area contributed by atoms with Crippen LogP contribution >= 0.6 is 47.4 Å². The van der Waals surface area contributed by atoms with Gasteiger partial charge in [0.2, 0.25) is 0 Å². The monoisotopic (exact) mass is 252 g/mol. The molecular weight excluding hydrogens is 247 g/mol. The van der Waals surface area contributed by atoms with Crippen molar-refractivity contribution in [3.05, 3.63) is 28.2 Å². The Balaban J connectivity index is 2.68. The molecule has 0 amide bonds. The molecule has 6 heteroatoms. The van der Waals surface area contributed by atoms with Gasteiger partial charge in [-0.3, -0.25) is 0 Å². The Labute approximate surface area is 95.9 Å². The van der Waals surface area contributed by atoms with Crippen molar-refractivity contribution in [1.82, 2.24) is 4.72 Å². The summed E-state index contributed by atoms with van der Waals surface area (Å²) >= 11 is 17.5. The van der Waals surface area contributed by atoms with Crippen LogP contribution in [0.15, 0.2) is 23.1 Å². The van der Waals surface area contributed by atoms with Gasteiger partial charge in [0.15, 0.2) is 5.11 Å². The van der Waals surface area contributed by atoms with Crippen LogP contribution in [0.2, 0.25) is 10.0 Å². The molecule has 0 bridgehead atoms. The average molecular weight is 253 g/mol. The largest absolute Gasteiger partial charge is 0.376 e. The van der Waals surface area contributed by atoms with Crippen LogP contribution in [-0.2, 0) is 0 Å². The predicted molar refractivity (Wildman–Crippen MR) is 62.2 cm³/mol. The number of hydrogen-bond donors (Lipinski definition) is 2. The molecule has 0 aliphatic heterocycles. The van der Waals surface area contributed by atoms with Gasteiger partial charge >= 0.3 is 0 Å². The van der Waals surface area contributed by atoms with Crippen LogP contribution in [0.5, 0.6) is 0 Å². The number of benzene rings is 1. The molecular formula is C7H6Cl2N2S2. The van der Waals surface area contributed by atoms with E-state index in [0.717, 1.165) is 4.90 Å². The van der Waals surface area contributed by atoms with E-state index in [4.69, 9.17) is 28.9 Å². The maximum atomic E-state index is 5.79. The van der Waals surface area contributed by atoms with Crippen LogP contribution in [0.25, 0.3) is 0 Å². The molecule has 0 atom stereocenters. The second-order valence-corrected chi connectivity index (χ2v) is 4.28. The van der Waals surface area contributed by atoms with Crippen LogP contribution in [0, 0.1) is 0 Å². The first-order valence-electron chi connectivity index (χ1n) is 3.27. The Morgan fingerprint density at radius 1 is 1.38 bits per heavy atom. The van der Waals surface area contributed by atoms with E-state index in [1.807, 2.05) is 6.07 Å². The summed E-state index contributed by atoms with van der Waals surface area (Å²) in [5.41, 5.74) is 5.25. The molecule has 0 aromatic heterocycles. The molecule has 2 nitrogen and oxygen atoms in total. The third kappa shape index (κ3) is 3.60. The van der Waals surface area contributed by atoms with Crippen LogP contribution in [0.4, 0.5) is 0 Å². The van der Waals surface area contributed by atoms with E-state index in [1.165, 1.54) is 11.9 Å².